The van der Waals surface area contributed by atoms with Crippen LogP contribution < -0.4 is 10.1 Å². The van der Waals surface area contributed by atoms with Crippen LogP contribution in [0.2, 0.25) is 0 Å². The molecule has 1 aromatic heterocycles. The van der Waals surface area contributed by atoms with Gasteiger partial charge in [-0.15, -0.1) is 0 Å². The zero-order valence-corrected chi connectivity index (χ0v) is 14.5. The zero-order valence-electron chi connectivity index (χ0n) is 12.9. The molecule has 0 aliphatic heterocycles. The Balaban J connectivity index is 1.90. The Kier molecular flexibility index (Phi) is 5.06. The van der Waals surface area contributed by atoms with Crippen LogP contribution in [0.25, 0.3) is 0 Å². The first-order valence-corrected chi connectivity index (χ1v) is 7.71. The maximum absolute atomic E-state index is 5.74. The average molecular weight is 353 g/mol. The minimum atomic E-state index is 0.0579. The Labute approximate surface area is 134 Å². The van der Waals surface area contributed by atoms with Gasteiger partial charge in [0.05, 0.1) is 10.2 Å². The summed E-state index contributed by atoms with van der Waals surface area (Å²) in [4.78, 5) is 0. The molecule has 0 spiro atoms. The second-order valence-corrected chi connectivity index (χ2v) is 6.97. The van der Waals surface area contributed by atoms with Crippen LogP contribution in [0, 0.1) is 6.92 Å². The number of benzene rings is 1. The molecule has 0 unspecified atom stereocenters. The molecule has 0 radical (unpaired) electrons. The fourth-order valence-corrected chi connectivity index (χ4v) is 2.34. The highest BCUT2D eigenvalue weighted by Crippen LogP contribution is 2.26. The van der Waals surface area contributed by atoms with E-state index in [9.17, 15) is 0 Å². The summed E-state index contributed by atoms with van der Waals surface area (Å²) >= 11 is 3.49. The molecule has 0 aliphatic rings. The van der Waals surface area contributed by atoms with Gasteiger partial charge in [-0.25, -0.2) is 0 Å². The standard InChI is InChI=1S/C16H21BrN2O2/c1-11-5-6-15(14(17)7-11)20-10-13-8-12(19-21-13)9-18-16(2,3)4/h5-8,18H,9-10H2,1-4H3. The van der Waals surface area contributed by atoms with E-state index in [0.717, 1.165) is 15.9 Å². The molecular formula is C16H21BrN2O2. The van der Waals surface area contributed by atoms with Crippen molar-refractivity contribution in [2.75, 3.05) is 0 Å². The van der Waals surface area contributed by atoms with E-state index in [1.165, 1.54) is 5.56 Å². The molecule has 0 fully saturated rings. The van der Waals surface area contributed by atoms with Crippen LogP contribution in [0.5, 0.6) is 5.75 Å². The second-order valence-electron chi connectivity index (χ2n) is 6.11. The average Bonchev–Trinajstić information content (AvgIpc) is 2.82. The number of nitrogens with one attached hydrogen (secondary N) is 1. The van der Waals surface area contributed by atoms with Crippen molar-refractivity contribution in [1.82, 2.24) is 10.5 Å². The molecule has 1 heterocycles. The number of aryl methyl sites for hydroxylation is 1. The normalized spacial score (nSPS) is 11.7. The maximum atomic E-state index is 5.74. The third kappa shape index (κ3) is 5.17. The fourth-order valence-electron chi connectivity index (χ4n) is 1.73. The Morgan fingerprint density at radius 3 is 2.71 bits per heavy atom. The van der Waals surface area contributed by atoms with Gasteiger partial charge in [-0.05, 0) is 61.3 Å². The third-order valence-electron chi connectivity index (χ3n) is 2.86. The molecule has 2 rings (SSSR count). The van der Waals surface area contributed by atoms with Crippen LogP contribution in [-0.2, 0) is 13.2 Å². The summed E-state index contributed by atoms with van der Waals surface area (Å²) in [5.74, 6) is 1.51. The monoisotopic (exact) mass is 352 g/mol. The fraction of sp³-hybridized carbons (Fsp3) is 0.438. The maximum Gasteiger partial charge on any atom is 0.174 e. The van der Waals surface area contributed by atoms with Crippen LogP contribution in [0.3, 0.4) is 0 Å². The smallest absolute Gasteiger partial charge is 0.174 e. The minimum Gasteiger partial charge on any atom is -0.484 e. The molecule has 0 aliphatic carbocycles. The first kappa shape index (κ1) is 16.0. The number of aromatic nitrogens is 1. The third-order valence-corrected chi connectivity index (χ3v) is 3.48. The van der Waals surface area contributed by atoms with Crippen molar-refractivity contribution >= 4 is 15.9 Å². The molecule has 2 aromatic rings. The van der Waals surface area contributed by atoms with E-state index in [4.69, 9.17) is 9.26 Å². The van der Waals surface area contributed by atoms with Crippen LogP contribution in [0.15, 0.2) is 33.3 Å². The summed E-state index contributed by atoms with van der Waals surface area (Å²) in [6.07, 6.45) is 0. The number of hydrogen-bond acceptors (Lipinski definition) is 4. The Morgan fingerprint density at radius 1 is 1.29 bits per heavy atom. The Bertz CT molecular complexity index is 603. The van der Waals surface area contributed by atoms with Crippen molar-refractivity contribution in [3.8, 4) is 5.75 Å². The van der Waals surface area contributed by atoms with Gasteiger partial charge in [0, 0.05) is 18.2 Å². The van der Waals surface area contributed by atoms with Gasteiger partial charge in [0.1, 0.15) is 12.4 Å². The van der Waals surface area contributed by atoms with Crippen LogP contribution in [-0.4, -0.2) is 10.7 Å². The molecule has 1 aromatic carbocycles. The highest BCUT2D eigenvalue weighted by molar-refractivity contribution is 9.10. The molecule has 0 atom stereocenters. The summed E-state index contributed by atoms with van der Waals surface area (Å²) in [7, 11) is 0. The topological polar surface area (TPSA) is 47.3 Å². The van der Waals surface area contributed by atoms with Crippen molar-refractivity contribution in [1.29, 1.82) is 0 Å². The van der Waals surface area contributed by atoms with Crippen LogP contribution >= 0.6 is 15.9 Å². The van der Waals surface area contributed by atoms with E-state index in [0.29, 0.717) is 18.9 Å². The van der Waals surface area contributed by atoms with E-state index < -0.39 is 0 Å². The zero-order chi connectivity index (χ0) is 15.5. The van der Waals surface area contributed by atoms with Crippen molar-refractivity contribution in [3.63, 3.8) is 0 Å². The lowest BCUT2D eigenvalue weighted by molar-refractivity contribution is 0.247. The summed E-state index contributed by atoms with van der Waals surface area (Å²) in [6.45, 7) is 9.44. The van der Waals surface area contributed by atoms with Crippen LogP contribution in [0.1, 0.15) is 37.8 Å². The van der Waals surface area contributed by atoms with Crippen molar-refractivity contribution < 1.29 is 9.26 Å². The van der Waals surface area contributed by atoms with E-state index in [1.807, 2.05) is 31.2 Å². The Hall–Kier alpha value is -1.33. The van der Waals surface area contributed by atoms with Crippen molar-refractivity contribution in [2.24, 2.45) is 0 Å². The minimum absolute atomic E-state index is 0.0579. The summed E-state index contributed by atoms with van der Waals surface area (Å²) in [5.41, 5.74) is 2.12. The second kappa shape index (κ2) is 6.62. The molecule has 0 saturated carbocycles. The lowest BCUT2D eigenvalue weighted by Crippen LogP contribution is -2.35. The molecule has 5 heteroatoms. The van der Waals surface area contributed by atoms with Crippen molar-refractivity contribution in [2.45, 2.75) is 46.4 Å². The quantitative estimate of drug-likeness (QED) is 0.875. The Morgan fingerprint density at radius 2 is 2.05 bits per heavy atom. The van der Waals surface area contributed by atoms with E-state index in [-0.39, 0.29) is 5.54 Å². The number of ether oxygens (including phenoxy) is 1. The molecule has 0 bridgehead atoms. The highest BCUT2D eigenvalue weighted by atomic mass is 79.9. The molecule has 0 saturated heterocycles. The summed E-state index contributed by atoms with van der Waals surface area (Å²) in [5, 5.41) is 7.41. The molecule has 4 nitrogen and oxygen atoms in total. The first-order chi connectivity index (χ1) is 9.83. The highest BCUT2D eigenvalue weighted by Gasteiger charge is 2.11. The van der Waals surface area contributed by atoms with Gasteiger partial charge >= 0.3 is 0 Å². The SMILES string of the molecule is Cc1ccc(OCc2cc(CNC(C)(C)C)no2)c(Br)c1. The summed E-state index contributed by atoms with van der Waals surface area (Å²) < 4.78 is 12.0. The van der Waals surface area contributed by atoms with Gasteiger partial charge in [0.15, 0.2) is 5.76 Å². The summed E-state index contributed by atoms with van der Waals surface area (Å²) in [6, 6.07) is 7.90. The van der Waals surface area contributed by atoms with Gasteiger partial charge in [-0.2, -0.15) is 0 Å². The number of rotatable bonds is 5. The van der Waals surface area contributed by atoms with E-state index >= 15 is 0 Å². The van der Waals surface area contributed by atoms with Gasteiger partial charge in [0.25, 0.3) is 0 Å². The van der Waals surface area contributed by atoms with E-state index in [1.54, 1.807) is 0 Å². The largest absolute Gasteiger partial charge is 0.484 e. The van der Waals surface area contributed by atoms with Gasteiger partial charge in [0.2, 0.25) is 0 Å². The predicted molar refractivity (Wildman–Crippen MR) is 86.3 cm³/mol. The lowest BCUT2D eigenvalue weighted by Gasteiger charge is -2.19. The molecule has 1 N–H and O–H groups in total. The first-order valence-electron chi connectivity index (χ1n) is 6.92. The predicted octanol–water partition coefficient (Wildman–Crippen LogP) is 4.21. The number of halogens is 1. The lowest BCUT2D eigenvalue weighted by atomic mass is 10.1. The van der Waals surface area contributed by atoms with Gasteiger partial charge in [-0.1, -0.05) is 11.2 Å². The molecular weight excluding hydrogens is 332 g/mol. The molecule has 114 valence electrons. The number of hydrogen-bond donors (Lipinski definition) is 1. The van der Waals surface area contributed by atoms with Crippen LogP contribution in [0.4, 0.5) is 0 Å². The number of nitrogens with zero attached hydrogens (tertiary/aromatic N) is 1. The molecule has 21 heavy (non-hydrogen) atoms. The molecule has 0 amide bonds. The van der Waals surface area contributed by atoms with E-state index in [2.05, 4.69) is 47.2 Å². The van der Waals surface area contributed by atoms with Gasteiger partial charge < -0.3 is 14.6 Å². The van der Waals surface area contributed by atoms with Crippen molar-refractivity contribution in [3.05, 3.63) is 45.8 Å². The van der Waals surface area contributed by atoms with Gasteiger partial charge in [-0.3, -0.25) is 0 Å².